The van der Waals surface area contributed by atoms with E-state index in [1.165, 1.54) is 4.90 Å². The van der Waals surface area contributed by atoms with Crippen molar-refractivity contribution >= 4 is 23.5 Å². The number of nitrogens with zero attached hydrogens (tertiary/aromatic N) is 1. The summed E-state index contributed by atoms with van der Waals surface area (Å²) in [5, 5.41) is 0. The zero-order valence-electron chi connectivity index (χ0n) is 16.6. The molecule has 5 rings (SSSR count). The molecule has 1 aliphatic heterocycles. The summed E-state index contributed by atoms with van der Waals surface area (Å²) in [6.45, 7) is 3.97. The fourth-order valence-electron chi connectivity index (χ4n) is 5.35. The molecule has 0 unspecified atom stereocenters. The number of carbonyl (C=O) groups is 3. The molecule has 2 aliphatic carbocycles. The number of aryl methyl sites for hydroxylation is 2. The maximum absolute atomic E-state index is 12.9. The van der Waals surface area contributed by atoms with Gasteiger partial charge in [-0.05, 0) is 92.5 Å². The van der Waals surface area contributed by atoms with E-state index in [0.717, 1.165) is 30.4 Å². The number of amides is 2. The van der Waals surface area contributed by atoms with E-state index in [1.54, 1.807) is 30.3 Å². The van der Waals surface area contributed by atoms with Crippen molar-refractivity contribution in [2.45, 2.75) is 33.1 Å². The smallest absolute Gasteiger partial charge is 0.343 e. The molecule has 0 aromatic heterocycles. The van der Waals surface area contributed by atoms with Gasteiger partial charge in [-0.15, -0.1) is 0 Å². The summed E-state index contributed by atoms with van der Waals surface area (Å²) < 4.78 is 5.45. The van der Waals surface area contributed by atoms with Crippen LogP contribution in [0.1, 0.15) is 40.7 Å². The van der Waals surface area contributed by atoms with Crippen molar-refractivity contribution in [3.05, 3.63) is 59.2 Å². The molecule has 148 valence electrons. The van der Waals surface area contributed by atoms with Gasteiger partial charge >= 0.3 is 5.97 Å². The zero-order valence-corrected chi connectivity index (χ0v) is 16.6. The van der Waals surface area contributed by atoms with E-state index in [1.807, 2.05) is 26.0 Å². The molecule has 2 saturated carbocycles. The Morgan fingerprint density at radius 2 is 1.52 bits per heavy atom. The highest BCUT2D eigenvalue weighted by atomic mass is 16.5. The normalized spacial score (nSPS) is 27.4. The Bertz CT molecular complexity index is 998. The van der Waals surface area contributed by atoms with Gasteiger partial charge in [0, 0.05) is 0 Å². The minimum atomic E-state index is -0.464. The lowest BCUT2D eigenvalue weighted by Gasteiger charge is -2.19. The van der Waals surface area contributed by atoms with Crippen LogP contribution in [0.2, 0.25) is 0 Å². The molecule has 2 bridgehead atoms. The van der Waals surface area contributed by atoms with Gasteiger partial charge < -0.3 is 4.74 Å². The molecule has 2 aromatic carbocycles. The van der Waals surface area contributed by atoms with Crippen molar-refractivity contribution in [1.82, 2.24) is 0 Å². The summed E-state index contributed by atoms with van der Waals surface area (Å²) in [6, 6.07) is 12.1. The Kier molecular flexibility index (Phi) is 4.09. The molecule has 4 atom stereocenters. The minimum Gasteiger partial charge on any atom is -0.423 e. The number of benzene rings is 2. The van der Waals surface area contributed by atoms with Gasteiger partial charge in [-0.3, -0.25) is 14.5 Å². The lowest BCUT2D eigenvalue weighted by Crippen LogP contribution is -2.32. The van der Waals surface area contributed by atoms with E-state index in [0.29, 0.717) is 28.8 Å². The van der Waals surface area contributed by atoms with E-state index in [-0.39, 0.29) is 23.7 Å². The van der Waals surface area contributed by atoms with E-state index < -0.39 is 5.97 Å². The number of hydrogen-bond donors (Lipinski definition) is 0. The summed E-state index contributed by atoms with van der Waals surface area (Å²) in [5.74, 6) is 0.322. The summed E-state index contributed by atoms with van der Waals surface area (Å²) in [5.41, 5.74) is 3.10. The number of fused-ring (bicyclic) bond motifs is 5. The van der Waals surface area contributed by atoms with Gasteiger partial charge in [0.25, 0.3) is 0 Å². The molecule has 29 heavy (non-hydrogen) atoms. The third-order valence-corrected chi connectivity index (χ3v) is 6.98. The summed E-state index contributed by atoms with van der Waals surface area (Å²) in [4.78, 5) is 39.6. The van der Waals surface area contributed by atoms with E-state index in [9.17, 15) is 14.4 Å². The van der Waals surface area contributed by atoms with Crippen LogP contribution in [-0.4, -0.2) is 17.8 Å². The lowest BCUT2D eigenvalue weighted by atomic mass is 9.81. The van der Waals surface area contributed by atoms with E-state index in [4.69, 9.17) is 4.74 Å². The van der Waals surface area contributed by atoms with Gasteiger partial charge in [-0.25, -0.2) is 4.79 Å². The number of carbonyl (C=O) groups excluding carboxylic acids is 3. The quantitative estimate of drug-likeness (QED) is 0.451. The second-order valence-corrected chi connectivity index (χ2v) is 8.58. The van der Waals surface area contributed by atoms with Crippen molar-refractivity contribution in [2.75, 3.05) is 4.90 Å². The highest BCUT2D eigenvalue weighted by Gasteiger charge is 2.61. The van der Waals surface area contributed by atoms with Crippen LogP contribution in [0.15, 0.2) is 42.5 Å². The Balaban J connectivity index is 1.34. The SMILES string of the molecule is Cc1ccc(OC(=O)c2ccc(N3C(=O)[C@H]4[C@@H]5CC[C@@H](C5)[C@@H]4C3=O)cc2)cc1C. The molecule has 0 N–H and O–H groups in total. The Labute approximate surface area is 169 Å². The van der Waals surface area contributed by atoms with E-state index >= 15 is 0 Å². The number of ether oxygens (including phenoxy) is 1. The van der Waals surface area contributed by atoms with Crippen molar-refractivity contribution in [1.29, 1.82) is 0 Å². The van der Waals surface area contributed by atoms with Crippen LogP contribution >= 0.6 is 0 Å². The number of rotatable bonds is 3. The standard InChI is InChI=1S/C24H23NO4/c1-13-3-10-19(11-14(13)2)29-24(28)15-6-8-18(9-7-15)25-22(26)20-16-4-5-17(12-16)21(20)23(25)27/h3,6-11,16-17,20-21H,4-5,12H2,1-2H3/t16-,17+,20-,21-/m0/s1. The fraction of sp³-hybridized carbons (Fsp3) is 0.375. The molecule has 2 amide bonds. The monoisotopic (exact) mass is 389 g/mol. The highest BCUT2D eigenvalue weighted by molar-refractivity contribution is 6.22. The van der Waals surface area contributed by atoms with Crippen LogP contribution in [0.5, 0.6) is 5.75 Å². The van der Waals surface area contributed by atoms with Gasteiger partial charge in [0.1, 0.15) is 5.75 Å². The van der Waals surface area contributed by atoms with Gasteiger partial charge in [0.05, 0.1) is 23.1 Å². The molecule has 3 aliphatic rings. The van der Waals surface area contributed by atoms with E-state index in [2.05, 4.69) is 0 Å². The van der Waals surface area contributed by atoms with Crippen LogP contribution in [0, 0.1) is 37.5 Å². The number of hydrogen-bond acceptors (Lipinski definition) is 4. The van der Waals surface area contributed by atoms with Crippen molar-refractivity contribution < 1.29 is 19.1 Å². The maximum atomic E-state index is 12.9. The molecule has 2 aromatic rings. The number of esters is 1. The number of anilines is 1. The van der Waals surface area contributed by atoms with Gasteiger partial charge in [0.2, 0.25) is 11.8 Å². The van der Waals surface area contributed by atoms with Crippen molar-refractivity contribution in [3.63, 3.8) is 0 Å². The number of imide groups is 1. The van der Waals surface area contributed by atoms with Gasteiger partial charge in [-0.1, -0.05) is 6.07 Å². The van der Waals surface area contributed by atoms with Crippen LogP contribution in [0.4, 0.5) is 5.69 Å². The predicted octanol–water partition coefficient (Wildman–Crippen LogP) is 4.06. The first-order chi connectivity index (χ1) is 13.9. The van der Waals surface area contributed by atoms with Gasteiger partial charge in [-0.2, -0.15) is 0 Å². The maximum Gasteiger partial charge on any atom is 0.343 e. The molecule has 0 spiro atoms. The molecule has 5 heteroatoms. The fourth-order valence-corrected chi connectivity index (χ4v) is 5.35. The average Bonchev–Trinajstić information content (AvgIpc) is 3.39. The van der Waals surface area contributed by atoms with Gasteiger partial charge in [0.15, 0.2) is 0 Å². The Morgan fingerprint density at radius 3 is 2.10 bits per heavy atom. The van der Waals surface area contributed by atoms with Crippen molar-refractivity contribution in [2.24, 2.45) is 23.7 Å². The summed E-state index contributed by atoms with van der Waals surface area (Å²) >= 11 is 0. The predicted molar refractivity (Wildman–Crippen MR) is 108 cm³/mol. The molecule has 1 heterocycles. The largest absolute Gasteiger partial charge is 0.423 e. The molecule has 1 saturated heterocycles. The van der Waals surface area contributed by atoms with Crippen molar-refractivity contribution in [3.8, 4) is 5.75 Å². The first-order valence-corrected chi connectivity index (χ1v) is 10.2. The minimum absolute atomic E-state index is 0.0716. The van der Waals surface area contributed by atoms with Crippen LogP contribution < -0.4 is 9.64 Å². The molecule has 3 fully saturated rings. The molecular formula is C24H23NO4. The third-order valence-electron chi connectivity index (χ3n) is 6.98. The molecular weight excluding hydrogens is 366 g/mol. The third kappa shape index (κ3) is 2.79. The summed E-state index contributed by atoms with van der Waals surface area (Å²) in [6.07, 6.45) is 3.13. The zero-order chi connectivity index (χ0) is 20.3. The lowest BCUT2D eigenvalue weighted by molar-refractivity contribution is -0.123. The van der Waals surface area contributed by atoms with Crippen LogP contribution in [0.25, 0.3) is 0 Å². The molecule has 0 radical (unpaired) electrons. The first kappa shape index (κ1) is 18.1. The van der Waals surface area contributed by atoms with Crippen LogP contribution in [-0.2, 0) is 9.59 Å². The second kappa shape index (κ2) is 6.55. The van der Waals surface area contributed by atoms with Crippen LogP contribution in [0.3, 0.4) is 0 Å². The second-order valence-electron chi connectivity index (χ2n) is 8.58. The topological polar surface area (TPSA) is 63.7 Å². The first-order valence-electron chi connectivity index (χ1n) is 10.2. The Hall–Kier alpha value is -2.95. The molecule has 5 nitrogen and oxygen atoms in total. The average molecular weight is 389 g/mol. The Morgan fingerprint density at radius 1 is 0.897 bits per heavy atom. The highest BCUT2D eigenvalue weighted by Crippen LogP contribution is 2.56. The summed E-state index contributed by atoms with van der Waals surface area (Å²) in [7, 11) is 0.